The van der Waals surface area contributed by atoms with E-state index in [0.717, 1.165) is 28.8 Å². The Kier molecular flexibility index (Phi) is 4.26. The number of nitrogens with one attached hydrogen (secondary N) is 2. The van der Waals surface area contributed by atoms with Gasteiger partial charge in [0, 0.05) is 34.4 Å². The molecular formula is C19H13ClF2N4. The van der Waals surface area contributed by atoms with Gasteiger partial charge in [0.15, 0.2) is 11.6 Å². The van der Waals surface area contributed by atoms with Crippen LogP contribution in [0.15, 0.2) is 54.7 Å². The summed E-state index contributed by atoms with van der Waals surface area (Å²) in [7, 11) is 0. The summed E-state index contributed by atoms with van der Waals surface area (Å²) in [6, 6.07) is 13.2. The lowest BCUT2D eigenvalue weighted by Crippen LogP contribution is -2.04. The zero-order valence-corrected chi connectivity index (χ0v) is 14.2. The molecule has 2 aromatic heterocycles. The van der Waals surface area contributed by atoms with Crippen LogP contribution in [0.2, 0.25) is 5.02 Å². The molecule has 7 heteroatoms. The van der Waals surface area contributed by atoms with Crippen LogP contribution < -0.4 is 5.32 Å². The van der Waals surface area contributed by atoms with E-state index in [9.17, 15) is 8.78 Å². The van der Waals surface area contributed by atoms with Gasteiger partial charge in [0.2, 0.25) is 5.95 Å². The highest BCUT2D eigenvalue weighted by Crippen LogP contribution is 2.29. The Labute approximate surface area is 152 Å². The summed E-state index contributed by atoms with van der Waals surface area (Å²) >= 11 is 6.23. The molecule has 0 bridgehead atoms. The second-order valence-corrected chi connectivity index (χ2v) is 6.17. The highest BCUT2D eigenvalue weighted by Gasteiger charge is 2.09. The van der Waals surface area contributed by atoms with Gasteiger partial charge in [-0.05, 0) is 29.8 Å². The van der Waals surface area contributed by atoms with E-state index in [1.165, 1.54) is 6.07 Å². The number of benzene rings is 2. The Bertz CT molecular complexity index is 1090. The molecule has 0 aliphatic carbocycles. The van der Waals surface area contributed by atoms with Crippen molar-refractivity contribution in [3.8, 4) is 11.3 Å². The average molecular weight is 371 g/mol. The maximum atomic E-state index is 13.3. The number of nitrogens with zero attached hydrogens (tertiary/aromatic N) is 2. The fourth-order valence-electron chi connectivity index (χ4n) is 2.66. The summed E-state index contributed by atoms with van der Waals surface area (Å²) in [4.78, 5) is 11.9. The Morgan fingerprint density at radius 3 is 2.69 bits per heavy atom. The van der Waals surface area contributed by atoms with Crippen LogP contribution >= 0.6 is 11.6 Å². The molecule has 2 aromatic carbocycles. The van der Waals surface area contributed by atoms with Gasteiger partial charge in [-0.2, -0.15) is 4.98 Å². The molecule has 0 radical (unpaired) electrons. The summed E-state index contributed by atoms with van der Waals surface area (Å²) < 4.78 is 26.2. The second kappa shape index (κ2) is 6.72. The van der Waals surface area contributed by atoms with Gasteiger partial charge in [-0.15, -0.1) is 0 Å². The number of fused-ring (bicyclic) bond motifs is 1. The Balaban J connectivity index is 1.57. The first-order chi connectivity index (χ1) is 12.6. The number of H-pyrrole nitrogens is 1. The molecule has 0 atom stereocenters. The summed E-state index contributed by atoms with van der Waals surface area (Å²) in [5, 5.41) is 4.49. The molecule has 4 rings (SSSR count). The van der Waals surface area contributed by atoms with E-state index in [2.05, 4.69) is 20.3 Å². The van der Waals surface area contributed by atoms with E-state index in [1.54, 1.807) is 6.20 Å². The molecule has 26 heavy (non-hydrogen) atoms. The van der Waals surface area contributed by atoms with Crippen molar-refractivity contribution in [1.29, 1.82) is 0 Å². The molecule has 4 aromatic rings. The van der Waals surface area contributed by atoms with Crippen molar-refractivity contribution < 1.29 is 8.78 Å². The summed E-state index contributed by atoms with van der Waals surface area (Å²) in [6.07, 6.45) is 1.69. The molecule has 0 fully saturated rings. The predicted molar refractivity (Wildman–Crippen MR) is 98.0 cm³/mol. The standard InChI is InChI=1S/C19H13ClF2N4/c20-14-4-2-1-3-13(14)17-8-12-10-24-19(26-18(12)25-17)23-9-11-5-6-15(21)16(22)7-11/h1-8,10H,9H2,(H2,23,24,25,26). The normalized spacial score (nSPS) is 11.0. The van der Waals surface area contributed by atoms with E-state index >= 15 is 0 Å². The van der Waals surface area contributed by atoms with Crippen LogP contribution in [0, 0.1) is 11.6 Å². The minimum absolute atomic E-state index is 0.279. The summed E-state index contributed by atoms with van der Waals surface area (Å²) in [5.74, 6) is -1.37. The maximum absolute atomic E-state index is 13.3. The zero-order valence-electron chi connectivity index (χ0n) is 13.4. The minimum atomic E-state index is -0.880. The molecule has 0 aliphatic heterocycles. The molecule has 2 N–H and O–H groups in total. The molecule has 0 aliphatic rings. The van der Waals surface area contributed by atoms with Crippen LogP contribution in [0.5, 0.6) is 0 Å². The molecule has 0 saturated carbocycles. The van der Waals surface area contributed by atoms with Gasteiger partial charge in [0.1, 0.15) is 5.65 Å². The summed E-state index contributed by atoms with van der Waals surface area (Å²) in [5.41, 5.74) is 2.97. The third-order valence-electron chi connectivity index (χ3n) is 3.97. The lowest BCUT2D eigenvalue weighted by molar-refractivity contribution is 0.507. The van der Waals surface area contributed by atoms with Crippen molar-refractivity contribution in [3.63, 3.8) is 0 Å². The molecule has 0 unspecified atom stereocenters. The first kappa shape index (κ1) is 16.5. The average Bonchev–Trinajstić information content (AvgIpc) is 3.06. The molecule has 130 valence electrons. The number of hydrogen-bond acceptors (Lipinski definition) is 3. The Hall–Kier alpha value is -2.99. The fourth-order valence-corrected chi connectivity index (χ4v) is 2.89. The smallest absolute Gasteiger partial charge is 0.224 e. The fraction of sp³-hybridized carbons (Fsp3) is 0.0526. The number of aromatic amines is 1. The topological polar surface area (TPSA) is 53.6 Å². The first-order valence-electron chi connectivity index (χ1n) is 7.88. The van der Waals surface area contributed by atoms with Gasteiger partial charge in [-0.25, -0.2) is 13.8 Å². The van der Waals surface area contributed by atoms with Gasteiger partial charge in [0.05, 0.1) is 0 Å². The van der Waals surface area contributed by atoms with Gasteiger partial charge in [0.25, 0.3) is 0 Å². The molecule has 0 saturated heterocycles. The number of anilines is 1. The Morgan fingerprint density at radius 1 is 1.04 bits per heavy atom. The van der Waals surface area contributed by atoms with Crippen molar-refractivity contribution in [3.05, 3.63) is 76.9 Å². The van der Waals surface area contributed by atoms with Crippen LogP contribution in [0.3, 0.4) is 0 Å². The van der Waals surface area contributed by atoms with Crippen LogP contribution in [-0.2, 0) is 6.54 Å². The van der Waals surface area contributed by atoms with Crippen LogP contribution in [-0.4, -0.2) is 15.0 Å². The van der Waals surface area contributed by atoms with Crippen molar-refractivity contribution in [2.24, 2.45) is 0 Å². The van der Waals surface area contributed by atoms with Crippen molar-refractivity contribution >= 4 is 28.6 Å². The van der Waals surface area contributed by atoms with Gasteiger partial charge < -0.3 is 10.3 Å². The number of aromatic nitrogens is 3. The quantitative estimate of drug-likeness (QED) is 0.521. The zero-order chi connectivity index (χ0) is 18.1. The van der Waals surface area contributed by atoms with E-state index in [1.807, 2.05) is 30.3 Å². The largest absolute Gasteiger partial charge is 0.350 e. The van der Waals surface area contributed by atoms with E-state index in [0.29, 0.717) is 22.2 Å². The minimum Gasteiger partial charge on any atom is -0.350 e. The molecule has 0 spiro atoms. The number of rotatable bonds is 4. The highest BCUT2D eigenvalue weighted by molar-refractivity contribution is 6.33. The second-order valence-electron chi connectivity index (χ2n) is 5.76. The van der Waals surface area contributed by atoms with Crippen molar-refractivity contribution in [1.82, 2.24) is 15.0 Å². The number of hydrogen-bond donors (Lipinski definition) is 2. The molecular weight excluding hydrogens is 358 g/mol. The maximum Gasteiger partial charge on any atom is 0.224 e. The van der Waals surface area contributed by atoms with E-state index in [-0.39, 0.29) is 6.54 Å². The SMILES string of the molecule is Fc1ccc(CNc2ncc3cc(-c4ccccc4Cl)[nH]c3n2)cc1F. The van der Waals surface area contributed by atoms with Crippen molar-refractivity contribution in [2.75, 3.05) is 5.32 Å². The Morgan fingerprint density at radius 2 is 1.88 bits per heavy atom. The highest BCUT2D eigenvalue weighted by atomic mass is 35.5. The van der Waals surface area contributed by atoms with E-state index in [4.69, 9.17) is 11.6 Å². The third-order valence-corrected chi connectivity index (χ3v) is 4.30. The van der Waals surface area contributed by atoms with Gasteiger partial charge in [-0.1, -0.05) is 35.9 Å². The summed E-state index contributed by atoms with van der Waals surface area (Å²) in [6.45, 7) is 0.279. The van der Waals surface area contributed by atoms with Crippen molar-refractivity contribution in [2.45, 2.75) is 6.54 Å². The van der Waals surface area contributed by atoms with Gasteiger partial charge in [-0.3, -0.25) is 0 Å². The molecule has 0 amide bonds. The molecule has 4 nitrogen and oxygen atoms in total. The van der Waals surface area contributed by atoms with Crippen LogP contribution in [0.4, 0.5) is 14.7 Å². The van der Waals surface area contributed by atoms with E-state index < -0.39 is 11.6 Å². The lowest BCUT2D eigenvalue weighted by atomic mass is 10.1. The van der Waals surface area contributed by atoms with Crippen LogP contribution in [0.25, 0.3) is 22.3 Å². The monoisotopic (exact) mass is 370 g/mol. The molecule has 2 heterocycles. The predicted octanol–water partition coefficient (Wildman–Crippen LogP) is 5.17. The lowest BCUT2D eigenvalue weighted by Gasteiger charge is -2.05. The van der Waals surface area contributed by atoms with Gasteiger partial charge >= 0.3 is 0 Å². The first-order valence-corrected chi connectivity index (χ1v) is 8.26. The third kappa shape index (κ3) is 3.23. The van der Waals surface area contributed by atoms with Crippen LogP contribution in [0.1, 0.15) is 5.56 Å². The number of halogens is 3.